The molecule has 0 N–H and O–H groups in total. The highest BCUT2D eigenvalue weighted by Crippen LogP contribution is 2.37. The Balaban J connectivity index is 2.39. The molecule has 1 aromatic carbocycles. The molecule has 1 atom stereocenters. The lowest BCUT2D eigenvalue weighted by atomic mass is 10.00. The Labute approximate surface area is 92.6 Å². The fraction of sp³-hybridized carbons (Fsp3) is 0.308. The summed E-state index contributed by atoms with van der Waals surface area (Å²) in [5.74, 6) is 1.25. The maximum absolute atomic E-state index is 11.3. The zero-order chi connectivity index (χ0) is 11.3. The maximum Gasteiger partial charge on any atom is 0.336 e. The molecule has 1 aliphatic heterocycles. The van der Waals surface area contributed by atoms with E-state index in [1.165, 1.54) is 11.6 Å². The van der Waals surface area contributed by atoms with Gasteiger partial charge in [0.1, 0.15) is 11.3 Å². The molecule has 0 amide bonds. The molecule has 2 aromatic rings. The Bertz CT molecular complexity index is 625. The molecular formula is C13H12O3. The molecule has 3 rings (SSSR count). The van der Waals surface area contributed by atoms with Gasteiger partial charge in [0.15, 0.2) is 0 Å². The fourth-order valence-corrected chi connectivity index (χ4v) is 2.18. The molecule has 0 spiro atoms. The molecule has 82 valence electrons. The van der Waals surface area contributed by atoms with Gasteiger partial charge < -0.3 is 9.15 Å². The highest BCUT2D eigenvalue weighted by atomic mass is 16.5. The highest BCUT2D eigenvalue weighted by Gasteiger charge is 2.21. The van der Waals surface area contributed by atoms with Crippen LogP contribution in [0.25, 0.3) is 11.0 Å². The number of aryl methyl sites for hydroxylation is 1. The van der Waals surface area contributed by atoms with Gasteiger partial charge in [-0.05, 0) is 18.6 Å². The average molecular weight is 216 g/mol. The van der Waals surface area contributed by atoms with Crippen LogP contribution < -0.4 is 10.4 Å². The van der Waals surface area contributed by atoms with Gasteiger partial charge in [0.05, 0.1) is 6.61 Å². The molecule has 0 saturated heterocycles. The van der Waals surface area contributed by atoms with E-state index < -0.39 is 0 Å². The van der Waals surface area contributed by atoms with Gasteiger partial charge in [-0.2, -0.15) is 0 Å². The molecule has 3 nitrogen and oxygen atoms in total. The highest BCUT2D eigenvalue weighted by molar-refractivity contribution is 5.83. The van der Waals surface area contributed by atoms with Gasteiger partial charge in [0, 0.05) is 29.0 Å². The molecule has 16 heavy (non-hydrogen) atoms. The van der Waals surface area contributed by atoms with Crippen LogP contribution in [-0.2, 0) is 0 Å². The van der Waals surface area contributed by atoms with Crippen LogP contribution in [0, 0.1) is 6.92 Å². The van der Waals surface area contributed by atoms with Gasteiger partial charge in [0.2, 0.25) is 0 Å². The first-order valence-corrected chi connectivity index (χ1v) is 5.36. The number of hydrogen-bond acceptors (Lipinski definition) is 3. The van der Waals surface area contributed by atoms with E-state index in [0.29, 0.717) is 18.1 Å². The number of fused-ring (bicyclic) bond motifs is 2. The van der Waals surface area contributed by atoms with Gasteiger partial charge in [-0.1, -0.05) is 6.92 Å². The second-order valence-electron chi connectivity index (χ2n) is 4.35. The molecule has 0 saturated carbocycles. The zero-order valence-electron chi connectivity index (χ0n) is 9.24. The van der Waals surface area contributed by atoms with Gasteiger partial charge >= 0.3 is 5.63 Å². The van der Waals surface area contributed by atoms with Crippen LogP contribution in [0.2, 0.25) is 0 Å². The predicted octanol–water partition coefficient (Wildman–Crippen LogP) is 2.60. The van der Waals surface area contributed by atoms with Gasteiger partial charge in [-0.15, -0.1) is 0 Å². The van der Waals surface area contributed by atoms with Crippen LogP contribution in [0.1, 0.15) is 24.0 Å². The van der Waals surface area contributed by atoms with Crippen molar-refractivity contribution in [3.8, 4) is 5.75 Å². The van der Waals surface area contributed by atoms with Gasteiger partial charge in [0.25, 0.3) is 0 Å². The quantitative estimate of drug-likeness (QED) is 0.635. The summed E-state index contributed by atoms with van der Waals surface area (Å²) in [4.78, 5) is 11.3. The second-order valence-corrected chi connectivity index (χ2v) is 4.35. The largest absolute Gasteiger partial charge is 0.493 e. The number of ether oxygens (including phenoxy) is 1. The zero-order valence-corrected chi connectivity index (χ0v) is 9.24. The maximum atomic E-state index is 11.3. The molecular weight excluding hydrogens is 204 g/mol. The first kappa shape index (κ1) is 9.46. The van der Waals surface area contributed by atoms with Gasteiger partial charge in [-0.3, -0.25) is 0 Å². The molecule has 1 aliphatic rings. The summed E-state index contributed by atoms with van der Waals surface area (Å²) < 4.78 is 10.7. The van der Waals surface area contributed by atoms with Crippen molar-refractivity contribution < 1.29 is 9.15 Å². The van der Waals surface area contributed by atoms with E-state index >= 15 is 0 Å². The predicted molar refractivity (Wildman–Crippen MR) is 61.1 cm³/mol. The van der Waals surface area contributed by atoms with Crippen LogP contribution >= 0.6 is 0 Å². The van der Waals surface area contributed by atoms with E-state index in [1.54, 1.807) is 0 Å². The Hall–Kier alpha value is -1.77. The minimum atomic E-state index is -0.309. The SMILES string of the molecule is Cc1cc(=O)oc2cc3c(cc12)[C@@H](C)CO3. The van der Waals surface area contributed by atoms with E-state index in [1.807, 2.05) is 13.0 Å². The summed E-state index contributed by atoms with van der Waals surface area (Å²) in [6.07, 6.45) is 0. The first-order chi connectivity index (χ1) is 7.65. The molecule has 0 fully saturated rings. The van der Waals surface area contributed by atoms with Crippen LogP contribution in [-0.4, -0.2) is 6.61 Å². The molecule has 0 bridgehead atoms. The molecule has 0 radical (unpaired) electrons. The summed E-state index contributed by atoms with van der Waals surface area (Å²) in [5.41, 5.74) is 2.45. The smallest absolute Gasteiger partial charge is 0.336 e. The molecule has 0 unspecified atom stereocenters. The van der Waals surface area contributed by atoms with Crippen LogP contribution in [0.5, 0.6) is 5.75 Å². The van der Waals surface area contributed by atoms with E-state index in [2.05, 4.69) is 13.0 Å². The first-order valence-electron chi connectivity index (χ1n) is 5.36. The van der Waals surface area contributed by atoms with Crippen molar-refractivity contribution in [2.45, 2.75) is 19.8 Å². The summed E-state index contributed by atoms with van der Waals surface area (Å²) in [6, 6.07) is 5.42. The van der Waals surface area contributed by atoms with E-state index in [9.17, 15) is 4.79 Å². The van der Waals surface area contributed by atoms with Gasteiger partial charge in [-0.25, -0.2) is 4.79 Å². The summed E-state index contributed by atoms with van der Waals surface area (Å²) in [7, 11) is 0. The van der Waals surface area contributed by atoms with Crippen molar-refractivity contribution in [2.75, 3.05) is 6.61 Å². The minimum Gasteiger partial charge on any atom is -0.493 e. The standard InChI is InChI=1S/C13H12O3/c1-7-3-13(14)16-12-5-11-10(4-9(7)12)8(2)6-15-11/h3-5,8H,6H2,1-2H3/t8-/m0/s1. The Kier molecular flexibility index (Phi) is 1.84. The molecule has 0 aliphatic carbocycles. The van der Waals surface area contributed by atoms with Crippen molar-refractivity contribution in [3.05, 3.63) is 39.7 Å². The second kappa shape index (κ2) is 3.11. The van der Waals surface area contributed by atoms with Crippen molar-refractivity contribution in [2.24, 2.45) is 0 Å². The van der Waals surface area contributed by atoms with Crippen molar-refractivity contribution in [1.82, 2.24) is 0 Å². The number of benzene rings is 1. The fourth-order valence-electron chi connectivity index (χ4n) is 2.18. The third-order valence-corrected chi connectivity index (χ3v) is 3.10. The lowest BCUT2D eigenvalue weighted by Gasteiger charge is -2.04. The van der Waals surface area contributed by atoms with E-state index in [0.717, 1.165) is 16.7 Å². The minimum absolute atomic E-state index is 0.309. The molecule has 3 heteroatoms. The average Bonchev–Trinajstić information content (AvgIpc) is 2.57. The van der Waals surface area contributed by atoms with Crippen molar-refractivity contribution >= 4 is 11.0 Å². The molecule has 2 heterocycles. The van der Waals surface area contributed by atoms with Crippen LogP contribution in [0.15, 0.2) is 27.4 Å². The Morgan fingerprint density at radius 2 is 2.12 bits per heavy atom. The summed E-state index contributed by atoms with van der Waals surface area (Å²) >= 11 is 0. The summed E-state index contributed by atoms with van der Waals surface area (Å²) in [6.45, 7) is 4.76. The van der Waals surface area contributed by atoms with E-state index in [-0.39, 0.29) is 5.63 Å². The van der Waals surface area contributed by atoms with E-state index in [4.69, 9.17) is 9.15 Å². The number of rotatable bonds is 0. The van der Waals surface area contributed by atoms with Crippen LogP contribution in [0.3, 0.4) is 0 Å². The lowest BCUT2D eigenvalue weighted by Crippen LogP contribution is -1.98. The lowest BCUT2D eigenvalue weighted by molar-refractivity contribution is 0.337. The number of hydrogen-bond donors (Lipinski definition) is 0. The third kappa shape index (κ3) is 1.24. The topological polar surface area (TPSA) is 39.4 Å². The van der Waals surface area contributed by atoms with Crippen molar-refractivity contribution in [3.63, 3.8) is 0 Å². The Morgan fingerprint density at radius 1 is 1.31 bits per heavy atom. The normalized spacial score (nSPS) is 18.5. The summed E-state index contributed by atoms with van der Waals surface area (Å²) in [5, 5.41) is 0.996. The van der Waals surface area contributed by atoms with Crippen LogP contribution in [0.4, 0.5) is 0 Å². The monoisotopic (exact) mass is 216 g/mol. The Morgan fingerprint density at radius 3 is 2.94 bits per heavy atom. The third-order valence-electron chi connectivity index (χ3n) is 3.10. The molecule has 1 aromatic heterocycles. The van der Waals surface area contributed by atoms with Crippen molar-refractivity contribution in [1.29, 1.82) is 0 Å².